The molecule has 1 aromatic carbocycles. The molecule has 0 saturated carbocycles. The van der Waals surface area contributed by atoms with E-state index in [1.807, 2.05) is 13.8 Å². The summed E-state index contributed by atoms with van der Waals surface area (Å²) in [6, 6.07) is 4.14. The summed E-state index contributed by atoms with van der Waals surface area (Å²) in [4.78, 5) is 12.1. The number of rotatable bonds is 4. The maximum atomic E-state index is 12.1. The Morgan fingerprint density at radius 1 is 1.33 bits per heavy atom. The van der Waals surface area contributed by atoms with Crippen LogP contribution < -0.4 is 5.32 Å². The van der Waals surface area contributed by atoms with Gasteiger partial charge in [-0.05, 0) is 32.0 Å². The Balaban J connectivity index is 1.98. The third kappa shape index (κ3) is 4.11. The SMILES string of the molecule is CC(C)(OC(=O)Cc1cc(O)ccc1O)C1CC[NH2+]CC1. The number of quaternary nitrogens is 1. The predicted molar refractivity (Wildman–Crippen MR) is 78.0 cm³/mol. The molecule has 0 atom stereocenters. The van der Waals surface area contributed by atoms with Gasteiger partial charge in [0.1, 0.15) is 17.1 Å². The lowest BCUT2D eigenvalue weighted by atomic mass is 9.83. The molecule has 1 saturated heterocycles. The number of carbonyl (C=O) groups excluding carboxylic acids is 1. The van der Waals surface area contributed by atoms with Crippen LogP contribution >= 0.6 is 0 Å². The first-order valence-corrected chi connectivity index (χ1v) is 7.43. The second-order valence-electron chi connectivity index (χ2n) is 6.21. The van der Waals surface area contributed by atoms with Gasteiger partial charge in [0.05, 0.1) is 19.5 Å². The normalized spacial score (nSPS) is 16.7. The van der Waals surface area contributed by atoms with Gasteiger partial charge in [-0.2, -0.15) is 0 Å². The van der Waals surface area contributed by atoms with Gasteiger partial charge in [0.15, 0.2) is 0 Å². The largest absolute Gasteiger partial charge is 0.508 e. The van der Waals surface area contributed by atoms with Gasteiger partial charge in [0.25, 0.3) is 0 Å². The Morgan fingerprint density at radius 2 is 2.00 bits per heavy atom. The molecule has 0 aromatic heterocycles. The highest BCUT2D eigenvalue weighted by molar-refractivity contribution is 5.74. The molecule has 2 rings (SSSR count). The molecule has 21 heavy (non-hydrogen) atoms. The average Bonchev–Trinajstić information content (AvgIpc) is 2.43. The molecular formula is C16H24NO4+. The molecule has 1 heterocycles. The zero-order chi connectivity index (χ0) is 15.5. The molecule has 4 N–H and O–H groups in total. The van der Waals surface area contributed by atoms with E-state index < -0.39 is 5.60 Å². The van der Waals surface area contributed by atoms with Gasteiger partial charge in [-0.3, -0.25) is 4.79 Å². The van der Waals surface area contributed by atoms with Crippen LogP contribution in [0.2, 0.25) is 0 Å². The van der Waals surface area contributed by atoms with Crippen molar-refractivity contribution < 1.29 is 25.1 Å². The topological polar surface area (TPSA) is 83.4 Å². The summed E-state index contributed by atoms with van der Waals surface area (Å²) < 4.78 is 5.63. The molecule has 1 aromatic rings. The number of piperidine rings is 1. The number of ether oxygens (including phenoxy) is 1. The van der Waals surface area contributed by atoms with Crippen molar-refractivity contribution >= 4 is 5.97 Å². The van der Waals surface area contributed by atoms with E-state index in [2.05, 4.69) is 5.32 Å². The highest BCUT2D eigenvalue weighted by Crippen LogP contribution is 2.29. The molecule has 0 radical (unpaired) electrons. The summed E-state index contributed by atoms with van der Waals surface area (Å²) in [5.41, 5.74) is -0.120. The quantitative estimate of drug-likeness (QED) is 0.570. The standard InChI is InChI=1S/C16H23NO4/c1-16(2,12-5-7-17-8-6-12)21-15(20)10-11-9-13(18)3-4-14(11)19/h3-4,9,12,17-19H,5-8,10H2,1-2H3/p+1. The van der Waals surface area contributed by atoms with Crippen molar-refractivity contribution in [3.05, 3.63) is 23.8 Å². The average molecular weight is 294 g/mol. The van der Waals surface area contributed by atoms with Crippen molar-refractivity contribution in [1.29, 1.82) is 0 Å². The molecular weight excluding hydrogens is 270 g/mol. The summed E-state index contributed by atoms with van der Waals surface area (Å²) in [6.45, 7) is 6.03. The van der Waals surface area contributed by atoms with Gasteiger partial charge in [-0.1, -0.05) is 0 Å². The van der Waals surface area contributed by atoms with E-state index in [0.29, 0.717) is 11.5 Å². The van der Waals surface area contributed by atoms with E-state index in [1.54, 1.807) is 0 Å². The third-order valence-electron chi connectivity index (χ3n) is 4.20. The fourth-order valence-corrected chi connectivity index (χ4v) is 2.90. The third-order valence-corrected chi connectivity index (χ3v) is 4.20. The number of phenolic OH excluding ortho intramolecular Hbond substituents is 2. The summed E-state index contributed by atoms with van der Waals surface area (Å²) >= 11 is 0. The van der Waals surface area contributed by atoms with E-state index in [4.69, 9.17) is 4.74 Å². The van der Waals surface area contributed by atoms with Crippen molar-refractivity contribution in [1.82, 2.24) is 0 Å². The minimum Gasteiger partial charge on any atom is -0.508 e. The van der Waals surface area contributed by atoms with E-state index in [9.17, 15) is 15.0 Å². The van der Waals surface area contributed by atoms with Gasteiger partial charge in [0, 0.05) is 24.3 Å². The van der Waals surface area contributed by atoms with Crippen LogP contribution in [0.1, 0.15) is 32.3 Å². The number of hydrogen-bond acceptors (Lipinski definition) is 4. The molecule has 0 spiro atoms. The van der Waals surface area contributed by atoms with Gasteiger partial charge in [0.2, 0.25) is 0 Å². The number of hydrogen-bond donors (Lipinski definition) is 3. The van der Waals surface area contributed by atoms with E-state index in [-0.39, 0.29) is 23.9 Å². The lowest BCUT2D eigenvalue weighted by molar-refractivity contribution is -0.665. The maximum Gasteiger partial charge on any atom is 0.310 e. The highest BCUT2D eigenvalue weighted by Gasteiger charge is 2.35. The van der Waals surface area contributed by atoms with Crippen molar-refractivity contribution in [2.24, 2.45) is 5.92 Å². The Morgan fingerprint density at radius 3 is 2.67 bits per heavy atom. The highest BCUT2D eigenvalue weighted by atomic mass is 16.6. The van der Waals surface area contributed by atoms with Crippen LogP contribution in [0.25, 0.3) is 0 Å². The van der Waals surface area contributed by atoms with Crippen molar-refractivity contribution in [2.75, 3.05) is 13.1 Å². The molecule has 0 unspecified atom stereocenters. The first kappa shape index (κ1) is 15.6. The lowest BCUT2D eigenvalue weighted by Crippen LogP contribution is -2.86. The van der Waals surface area contributed by atoms with Crippen molar-refractivity contribution in [3.8, 4) is 11.5 Å². The maximum absolute atomic E-state index is 12.1. The molecule has 0 bridgehead atoms. The Hall–Kier alpha value is -1.75. The molecule has 5 nitrogen and oxygen atoms in total. The molecule has 1 aliphatic heterocycles. The number of phenols is 2. The summed E-state index contributed by atoms with van der Waals surface area (Å²) in [6.07, 6.45) is 2.04. The van der Waals surface area contributed by atoms with Crippen LogP contribution in [0.4, 0.5) is 0 Å². The van der Waals surface area contributed by atoms with Crippen LogP contribution in [0.3, 0.4) is 0 Å². The lowest BCUT2D eigenvalue weighted by Gasteiger charge is -2.35. The van der Waals surface area contributed by atoms with Crippen molar-refractivity contribution in [3.63, 3.8) is 0 Å². The first-order chi connectivity index (χ1) is 9.88. The van der Waals surface area contributed by atoms with Crippen LogP contribution in [0, 0.1) is 5.92 Å². The molecule has 116 valence electrons. The van der Waals surface area contributed by atoms with Gasteiger partial charge < -0.3 is 20.3 Å². The van der Waals surface area contributed by atoms with Gasteiger partial charge in [-0.15, -0.1) is 0 Å². The summed E-state index contributed by atoms with van der Waals surface area (Å²) in [5, 5.41) is 21.4. The minimum absolute atomic E-state index is 0.00479. The Bertz CT molecular complexity index is 507. The molecule has 0 aliphatic carbocycles. The molecule has 1 fully saturated rings. The zero-order valence-corrected chi connectivity index (χ0v) is 12.6. The fraction of sp³-hybridized carbons (Fsp3) is 0.562. The molecule has 0 amide bonds. The van der Waals surface area contributed by atoms with Crippen LogP contribution in [-0.2, 0) is 16.0 Å². The van der Waals surface area contributed by atoms with Crippen LogP contribution in [-0.4, -0.2) is 34.9 Å². The summed E-state index contributed by atoms with van der Waals surface area (Å²) in [5.74, 6) is 0.00664. The summed E-state index contributed by atoms with van der Waals surface area (Å²) in [7, 11) is 0. The van der Waals surface area contributed by atoms with E-state index in [1.165, 1.54) is 18.2 Å². The van der Waals surface area contributed by atoms with Gasteiger partial charge in [-0.25, -0.2) is 0 Å². The van der Waals surface area contributed by atoms with E-state index in [0.717, 1.165) is 25.9 Å². The van der Waals surface area contributed by atoms with Crippen LogP contribution in [0.5, 0.6) is 11.5 Å². The number of benzene rings is 1. The predicted octanol–water partition coefficient (Wildman–Crippen LogP) is 0.935. The molecule has 5 heteroatoms. The monoisotopic (exact) mass is 294 g/mol. The minimum atomic E-state index is -0.502. The molecule has 1 aliphatic rings. The van der Waals surface area contributed by atoms with E-state index >= 15 is 0 Å². The smallest absolute Gasteiger partial charge is 0.310 e. The second kappa shape index (κ2) is 6.35. The van der Waals surface area contributed by atoms with Crippen molar-refractivity contribution in [2.45, 2.75) is 38.7 Å². The Labute approximate surface area is 124 Å². The van der Waals surface area contributed by atoms with Crippen LogP contribution in [0.15, 0.2) is 18.2 Å². The number of carbonyl (C=O) groups is 1. The fourth-order valence-electron chi connectivity index (χ4n) is 2.90. The zero-order valence-electron chi connectivity index (χ0n) is 12.6. The number of nitrogens with two attached hydrogens (primary N) is 1. The first-order valence-electron chi connectivity index (χ1n) is 7.43. The second-order valence-corrected chi connectivity index (χ2v) is 6.21. The number of aromatic hydroxyl groups is 2. The number of esters is 1. The van der Waals surface area contributed by atoms with Gasteiger partial charge >= 0.3 is 5.97 Å². The Kier molecular flexibility index (Phi) is 4.73.